The molecular weight excluding hydrogens is 339 g/mol. The maximum Gasteiger partial charge on any atom is 0.391 e. The molecule has 8 heteroatoms. The molecule has 1 heterocycles. The number of alkyl halides is 3. The highest BCUT2D eigenvalue weighted by molar-refractivity contribution is 5.94. The summed E-state index contributed by atoms with van der Waals surface area (Å²) >= 11 is 0. The third-order valence-corrected chi connectivity index (χ3v) is 3.52. The van der Waals surface area contributed by atoms with E-state index in [1.54, 1.807) is 12.1 Å². The fourth-order valence-corrected chi connectivity index (χ4v) is 2.18. The number of carboxylic acids is 1. The first-order valence-electron chi connectivity index (χ1n) is 7.49. The van der Waals surface area contributed by atoms with Crippen molar-refractivity contribution in [3.63, 3.8) is 0 Å². The van der Waals surface area contributed by atoms with Crippen LogP contribution in [0.3, 0.4) is 0 Å². The SMILES string of the molecule is CCc1ccc(-c2ccc(C(=O)NC(CC(F)(F)F)C(=O)O)o2)cc1. The zero-order valence-electron chi connectivity index (χ0n) is 13.3. The largest absolute Gasteiger partial charge is 0.480 e. The van der Waals surface area contributed by atoms with Gasteiger partial charge in [0.1, 0.15) is 11.8 Å². The summed E-state index contributed by atoms with van der Waals surface area (Å²) in [5.74, 6) is -2.70. The lowest BCUT2D eigenvalue weighted by atomic mass is 10.1. The molecule has 0 aliphatic heterocycles. The monoisotopic (exact) mass is 355 g/mol. The van der Waals surface area contributed by atoms with Crippen molar-refractivity contribution in [1.82, 2.24) is 5.32 Å². The van der Waals surface area contributed by atoms with E-state index < -0.39 is 30.5 Å². The molecule has 134 valence electrons. The van der Waals surface area contributed by atoms with Gasteiger partial charge in [0.05, 0.1) is 6.42 Å². The zero-order chi connectivity index (χ0) is 18.6. The highest BCUT2D eigenvalue weighted by atomic mass is 19.4. The summed E-state index contributed by atoms with van der Waals surface area (Å²) in [6, 6.07) is 8.07. The molecule has 0 saturated heterocycles. The van der Waals surface area contributed by atoms with Gasteiger partial charge < -0.3 is 14.8 Å². The minimum absolute atomic E-state index is 0.261. The maximum atomic E-state index is 12.4. The Morgan fingerprint density at radius 2 is 1.80 bits per heavy atom. The van der Waals surface area contributed by atoms with E-state index in [2.05, 4.69) is 0 Å². The number of amides is 1. The van der Waals surface area contributed by atoms with Crippen molar-refractivity contribution >= 4 is 11.9 Å². The normalized spacial score (nSPS) is 12.6. The van der Waals surface area contributed by atoms with E-state index in [-0.39, 0.29) is 5.76 Å². The molecule has 1 atom stereocenters. The lowest BCUT2D eigenvalue weighted by Crippen LogP contribution is -2.43. The molecule has 25 heavy (non-hydrogen) atoms. The van der Waals surface area contributed by atoms with Crippen molar-refractivity contribution in [1.29, 1.82) is 0 Å². The van der Waals surface area contributed by atoms with Crippen molar-refractivity contribution in [2.75, 3.05) is 0 Å². The molecule has 1 unspecified atom stereocenters. The van der Waals surface area contributed by atoms with Crippen LogP contribution in [0, 0.1) is 0 Å². The molecule has 0 saturated carbocycles. The molecule has 2 N–H and O–H groups in total. The van der Waals surface area contributed by atoms with Crippen LogP contribution in [-0.4, -0.2) is 29.2 Å². The summed E-state index contributed by atoms with van der Waals surface area (Å²) in [5.41, 5.74) is 1.81. The van der Waals surface area contributed by atoms with Crippen LogP contribution in [-0.2, 0) is 11.2 Å². The topological polar surface area (TPSA) is 79.5 Å². The molecule has 1 amide bonds. The number of hydrogen-bond acceptors (Lipinski definition) is 3. The number of carboxylic acid groups (broad SMARTS) is 1. The van der Waals surface area contributed by atoms with E-state index >= 15 is 0 Å². The summed E-state index contributed by atoms with van der Waals surface area (Å²) in [6.07, 6.45) is -5.52. The van der Waals surface area contributed by atoms with Gasteiger partial charge in [-0.1, -0.05) is 31.2 Å². The predicted molar refractivity (Wildman–Crippen MR) is 83.1 cm³/mol. The molecule has 0 radical (unpaired) electrons. The van der Waals surface area contributed by atoms with Gasteiger partial charge in [-0.2, -0.15) is 13.2 Å². The third-order valence-electron chi connectivity index (χ3n) is 3.52. The second kappa shape index (κ2) is 7.42. The molecule has 0 aliphatic carbocycles. The highest BCUT2D eigenvalue weighted by Crippen LogP contribution is 2.24. The molecule has 1 aromatic carbocycles. The molecule has 5 nitrogen and oxygen atoms in total. The van der Waals surface area contributed by atoms with Crippen molar-refractivity contribution in [2.45, 2.75) is 32.0 Å². The van der Waals surface area contributed by atoms with Crippen molar-refractivity contribution < 1.29 is 32.3 Å². The second-order valence-electron chi connectivity index (χ2n) is 5.40. The average molecular weight is 355 g/mol. The lowest BCUT2D eigenvalue weighted by Gasteiger charge is -2.15. The van der Waals surface area contributed by atoms with Crippen molar-refractivity contribution in [3.05, 3.63) is 47.7 Å². The number of carbonyl (C=O) groups excluding carboxylic acids is 1. The van der Waals surface area contributed by atoms with Gasteiger partial charge in [0.25, 0.3) is 5.91 Å². The molecule has 2 rings (SSSR count). The van der Waals surface area contributed by atoms with Gasteiger partial charge >= 0.3 is 12.1 Å². The highest BCUT2D eigenvalue weighted by Gasteiger charge is 2.36. The molecule has 0 bridgehead atoms. The standard InChI is InChI=1S/C17H16F3NO4/c1-2-10-3-5-11(6-4-10)13-7-8-14(25-13)15(22)21-12(16(23)24)9-17(18,19)20/h3-8,12H,2,9H2,1H3,(H,21,22)(H,23,24). The molecule has 0 fully saturated rings. The number of halogens is 3. The number of rotatable bonds is 6. The quantitative estimate of drug-likeness (QED) is 0.829. The average Bonchev–Trinajstić information content (AvgIpc) is 3.03. The fraction of sp³-hybridized carbons (Fsp3) is 0.294. The Morgan fingerprint density at radius 1 is 1.16 bits per heavy atom. The van der Waals surface area contributed by atoms with Gasteiger partial charge in [-0.05, 0) is 24.1 Å². The third kappa shape index (κ3) is 5.10. The summed E-state index contributed by atoms with van der Waals surface area (Å²) in [7, 11) is 0. The van der Waals surface area contributed by atoms with Crippen LogP contribution < -0.4 is 5.32 Å². The number of aliphatic carboxylic acids is 1. The Hall–Kier alpha value is -2.77. The van der Waals surface area contributed by atoms with Gasteiger partial charge in [-0.25, -0.2) is 4.79 Å². The van der Waals surface area contributed by atoms with E-state index in [0.29, 0.717) is 11.3 Å². The fourth-order valence-electron chi connectivity index (χ4n) is 2.18. The van der Waals surface area contributed by atoms with Crippen LogP contribution in [0.25, 0.3) is 11.3 Å². The summed E-state index contributed by atoms with van der Waals surface area (Å²) < 4.78 is 42.4. The first kappa shape index (κ1) is 18.6. The van der Waals surface area contributed by atoms with Crippen LogP contribution in [0.2, 0.25) is 0 Å². The van der Waals surface area contributed by atoms with E-state index in [1.165, 1.54) is 12.1 Å². The number of hydrogen-bond donors (Lipinski definition) is 2. The molecule has 0 aliphatic rings. The number of aryl methyl sites for hydroxylation is 1. The Bertz CT molecular complexity index is 750. The Labute approximate surface area is 141 Å². The number of furan rings is 1. The van der Waals surface area contributed by atoms with E-state index in [4.69, 9.17) is 9.52 Å². The minimum atomic E-state index is -4.72. The Kier molecular flexibility index (Phi) is 5.51. The number of carbonyl (C=O) groups is 2. The zero-order valence-corrected chi connectivity index (χ0v) is 13.3. The Morgan fingerprint density at radius 3 is 2.32 bits per heavy atom. The van der Waals surface area contributed by atoms with Gasteiger partial charge in [0.15, 0.2) is 5.76 Å². The van der Waals surface area contributed by atoms with Crippen LogP contribution >= 0.6 is 0 Å². The minimum Gasteiger partial charge on any atom is -0.480 e. The van der Waals surface area contributed by atoms with Crippen LogP contribution in [0.15, 0.2) is 40.8 Å². The summed E-state index contributed by atoms with van der Waals surface area (Å²) in [4.78, 5) is 22.8. The smallest absolute Gasteiger partial charge is 0.391 e. The summed E-state index contributed by atoms with van der Waals surface area (Å²) in [6.45, 7) is 2.00. The first-order valence-corrected chi connectivity index (χ1v) is 7.49. The van der Waals surface area contributed by atoms with Crippen molar-refractivity contribution in [3.8, 4) is 11.3 Å². The van der Waals surface area contributed by atoms with E-state index in [1.807, 2.05) is 24.4 Å². The predicted octanol–water partition coefficient (Wildman–Crippen LogP) is 3.64. The van der Waals surface area contributed by atoms with Crippen LogP contribution in [0.5, 0.6) is 0 Å². The van der Waals surface area contributed by atoms with Gasteiger partial charge in [-0.15, -0.1) is 0 Å². The van der Waals surface area contributed by atoms with E-state index in [9.17, 15) is 22.8 Å². The molecule has 2 aromatic rings. The molecule has 0 spiro atoms. The molecule has 1 aromatic heterocycles. The second-order valence-corrected chi connectivity index (χ2v) is 5.40. The van der Waals surface area contributed by atoms with Crippen LogP contribution in [0.4, 0.5) is 13.2 Å². The van der Waals surface area contributed by atoms with Crippen molar-refractivity contribution in [2.24, 2.45) is 0 Å². The number of nitrogens with one attached hydrogen (secondary N) is 1. The van der Waals surface area contributed by atoms with Gasteiger partial charge in [0, 0.05) is 5.56 Å². The molecular formula is C17H16F3NO4. The maximum absolute atomic E-state index is 12.4. The van der Waals surface area contributed by atoms with Gasteiger partial charge in [0.2, 0.25) is 0 Å². The number of benzene rings is 1. The lowest BCUT2D eigenvalue weighted by molar-refractivity contribution is -0.157. The first-order chi connectivity index (χ1) is 11.7. The Balaban J connectivity index is 2.12. The van der Waals surface area contributed by atoms with Gasteiger partial charge in [-0.3, -0.25) is 4.79 Å². The summed E-state index contributed by atoms with van der Waals surface area (Å²) in [5, 5.41) is 10.6. The van der Waals surface area contributed by atoms with Crippen LogP contribution in [0.1, 0.15) is 29.5 Å². The van der Waals surface area contributed by atoms with E-state index in [0.717, 1.165) is 12.0 Å².